The van der Waals surface area contributed by atoms with Crippen molar-refractivity contribution in [3.63, 3.8) is 0 Å². The molecule has 1 aromatic carbocycles. The van der Waals surface area contributed by atoms with Gasteiger partial charge in [0.05, 0.1) is 19.3 Å². The number of nitrogens with one attached hydrogen (secondary N) is 1. The average Bonchev–Trinajstić information content (AvgIpc) is 2.52. The van der Waals surface area contributed by atoms with E-state index in [1.807, 2.05) is 30.3 Å². The van der Waals surface area contributed by atoms with E-state index in [0.717, 1.165) is 5.56 Å². The Morgan fingerprint density at radius 2 is 1.67 bits per heavy atom. The predicted molar refractivity (Wildman–Crippen MR) is 89.7 cm³/mol. The molecule has 1 aromatic rings. The largest absolute Gasteiger partial charge is 0.478 e. The fourth-order valence-electron chi connectivity index (χ4n) is 1.46. The van der Waals surface area contributed by atoms with E-state index in [1.165, 1.54) is 0 Å². The molecule has 0 aliphatic heterocycles. The molecular weight excluding hydrogens is 314 g/mol. The first-order chi connectivity index (χ1) is 11.3. The van der Waals surface area contributed by atoms with Gasteiger partial charge in [0.2, 0.25) is 0 Å². The number of ether oxygens (including phenoxy) is 1. The molecule has 0 fully saturated rings. The first kappa shape index (κ1) is 21.8. The SMILES string of the molecule is CC(C)NCC(O)COCc1ccccc1.O=C(O)/C=C/C(=O)O. The molecule has 1 rings (SSSR count). The van der Waals surface area contributed by atoms with Gasteiger partial charge in [-0.3, -0.25) is 0 Å². The zero-order valence-electron chi connectivity index (χ0n) is 13.9. The van der Waals surface area contributed by atoms with Crippen molar-refractivity contribution < 1.29 is 29.6 Å². The summed E-state index contributed by atoms with van der Waals surface area (Å²) in [5, 5.41) is 28.4. The Morgan fingerprint density at radius 1 is 1.12 bits per heavy atom. The molecule has 1 unspecified atom stereocenters. The minimum absolute atomic E-state index is 0.370. The van der Waals surface area contributed by atoms with Gasteiger partial charge in [-0.2, -0.15) is 0 Å². The van der Waals surface area contributed by atoms with Gasteiger partial charge in [-0.05, 0) is 5.56 Å². The molecule has 24 heavy (non-hydrogen) atoms. The van der Waals surface area contributed by atoms with E-state index in [1.54, 1.807) is 0 Å². The smallest absolute Gasteiger partial charge is 0.328 e. The zero-order chi connectivity index (χ0) is 18.4. The Labute approximate surface area is 141 Å². The summed E-state index contributed by atoms with van der Waals surface area (Å²) in [7, 11) is 0. The van der Waals surface area contributed by atoms with Crippen molar-refractivity contribution in [2.45, 2.75) is 32.6 Å². The van der Waals surface area contributed by atoms with Gasteiger partial charge in [0.1, 0.15) is 0 Å². The highest BCUT2D eigenvalue weighted by atomic mass is 16.5. The summed E-state index contributed by atoms with van der Waals surface area (Å²) in [6.45, 7) is 5.61. The van der Waals surface area contributed by atoms with Crippen molar-refractivity contribution in [2.75, 3.05) is 13.2 Å². The fourth-order valence-corrected chi connectivity index (χ4v) is 1.46. The normalized spacial score (nSPS) is 11.8. The van der Waals surface area contributed by atoms with Crippen LogP contribution in [-0.4, -0.2) is 52.6 Å². The summed E-state index contributed by atoms with van der Waals surface area (Å²) in [6.07, 6.45) is 0.677. The molecule has 0 bridgehead atoms. The number of rotatable bonds is 9. The van der Waals surface area contributed by atoms with Crippen LogP contribution in [0.25, 0.3) is 0 Å². The van der Waals surface area contributed by atoms with Gasteiger partial charge in [-0.25, -0.2) is 9.59 Å². The number of hydrogen-bond acceptors (Lipinski definition) is 5. The third kappa shape index (κ3) is 14.7. The van der Waals surface area contributed by atoms with Gasteiger partial charge in [-0.1, -0.05) is 44.2 Å². The molecule has 0 spiro atoms. The van der Waals surface area contributed by atoms with Gasteiger partial charge < -0.3 is 25.4 Å². The number of carboxylic acid groups (broad SMARTS) is 2. The molecule has 0 radical (unpaired) electrons. The summed E-state index contributed by atoms with van der Waals surface area (Å²) in [5.74, 6) is -2.51. The van der Waals surface area contributed by atoms with Crippen LogP contribution in [0.2, 0.25) is 0 Å². The van der Waals surface area contributed by atoms with Crippen LogP contribution in [0.1, 0.15) is 19.4 Å². The van der Waals surface area contributed by atoms with Crippen molar-refractivity contribution >= 4 is 11.9 Å². The Bertz CT molecular complexity index is 485. The Kier molecular flexibility index (Phi) is 12.0. The number of aliphatic hydroxyl groups excluding tert-OH is 1. The van der Waals surface area contributed by atoms with Crippen LogP contribution in [-0.2, 0) is 20.9 Å². The van der Waals surface area contributed by atoms with Crippen LogP contribution in [0.4, 0.5) is 0 Å². The average molecular weight is 339 g/mol. The standard InChI is InChI=1S/C13H21NO2.C4H4O4/c1-11(2)14-8-13(15)10-16-9-12-6-4-3-5-7-12;5-3(6)1-2-4(7)8/h3-7,11,13-15H,8-10H2,1-2H3;1-2H,(H,5,6)(H,7,8)/b;2-1+. The maximum atomic E-state index is 9.59. The molecule has 0 aliphatic rings. The third-order valence-electron chi connectivity index (χ3n) is 2.55. The van der Waals surface area contributed by atoms with Crippen molar-refractivity contribution in [1.29, 1.82) is 0 Å². The minimum Gasteiger partial charge on any atom is -0.478 e. The maximum Gasteiger partial charge on any atom is 0.328 e. The molecule has 0 aromatic heterocycles. The lowest BCUT2D eigenvalue weighted by atomic mass is 10.2. The fraction of sp³-hybridized carbons (Fsp3) is 0.412. The van der Waals surface area contributed by atoms with Gasteiger partial charge in [0.25, 0.3) is 0 Å². The van der Waals surface area contributed by atoms with E-state index < -0.39 is 18.0 Å². The Balaban J connectivity index is 0.000000561. The van der Waals surface area contributed by atoms with Crippen LogP contribution < -0.4 is 5.32 Å². The second kappa shape index (κ2) is 13.2. The van der Waals surface area contributed by atoms with E-state index in [9.17, 15) is 14.7 Å². The minimum atomic E-state index is -1.26. The Hall–Kier alpha value is -2.22. The lowest BCUT2D eigenvalue weighted by Gasteiger charge is -2.14. The molecular formula is C17H25NO6. The maximum absolute atomic E-state index is 9.59. The molecule has 0 amide bonds. The molecule has 7 nitrogen and oxygen atoms in total. The van der Waals surface area contributed by atoms with Crippen LogP contribution in [0.15, 0.2) is 42.5 Å². The highest BCUT2D eigenvalue weighted by Crippen LogP contribution is 2.00. The van der Waals surface area contributed by atoms with Gasteiger partial charge in [-0.15, -0.1) is 0 Å². The van der Waals surface area contributed by atoms with E-state index in [-0.39, 0.29) is 0 Å². The van der Waals surface area contributed by atoms with E-state index in [0.29, 0.717) is 38.0 Å². The van der Waals surface area contributed by atoms with Gasteiger partial charge in [0, 0.05) is 24.7 Å². The molecule has 7 heteroatoms. The summed E-state index contributed by atoms with van der Waals surface area (Å²) < 4.78 is 5.42. The highest BCUT2D eigenvalue weighted by Gasteiger charge is 2.04. The van der Waals surface area contributed by atoms with Gasteiger partial charge >= 0.3 is 11.9 Å². The number of hydrogen-bond donors (Lipinski definition) is 4. The van der Waals surface area contributed by atoms with Crippen LogP contribution >= 0.6 is 0 Å². The first-order valence-electron chi connectivity index (χ1n) is 7.48. The second-order valence-corrected chi connectivity index (χ2v) is 5.23. The molecule has 1 atom stereocenters. The predicted octanol–water partition coefficient (Wildman–Crippen LogP) is 1.27. The lowest BCUT2D eigenvalue weighted by Crippen LogP contribution is -2.34. The van der Waals surface area contributed by atoms with Crippen molar-refractivity contribution in [3.05, 3.63) is 48.0 Å². The Morgan fingerprint density at radius 3 is 2.12 bits per heavy atom. The number of benzene rings is 1. The molecule has 0 saturated heterocycles. The molecule has 134 valence electrons. The lowest BCUT2D eigenvalue weighted by molar-refractivity contribution is -0.134. The molecule has 0 saturated carbocycles. The second-order valence-electron chi connectivity index (χ2n) is 5.23. The van der Waals surface area contributed by atoms with Crippen molar-refractivity contribution in [2.24, 2.45) is 0 Å². The van der Waals surface area contributed by atoms with Crippen LogP contribution in [0.5, 0.6) is 0 Å². The molecule has 4 N–H and O–H groups in total. The number of aliphatic hydroxyl groups is 1. The number of aliphatic carboxylic acids is 2. The topological polar surface area (TPSA) is 116 Å². The van der Waals surface area contributed by atoms with Gasteiger partial charge in [0.15, 0.2) is 0 Å². The monoisotopic (exact) mass is 339 g/mol. The third-order valence-corrected chi connectivity index (χ3v) is 2.55. The van der Waals surface area contributed by atoms with E-state index >= 15 is 0 Å². The zero-order valence-corrected chi connectivity index (χ0v) is 13.9. The van der Waals surface area contributed by atoms with Crippen LogP contribution in [0.3, 0.4) is 0 Å². The highest BCUT2D eigenvalue weighted by molar-refractivity contribution is 5.89. The number of carbonyl (C=O) groups is 2. The summed E-state index contributed by atoms with van der Waals surface area (Å²) in [5.41, 5.74) is 1.13. The van der Waals surface area contributed by atoms with E-state index in [2.05, 4.69) is 19.2 Å². The first-order valence-corrected chi connectivity index (χ1v) is 7.48. The summed E-state index contributed by atoms with van der Waals surface area (Å²) in [4.78, 5) is 19.1. The quantitative estimate of drug-likeness (QED) is 0.501. The van der Waals surface area contributed by atoms with Crippen molar-refractivity contribution in [1.82, 2.24) is 5.32 Å². The van der Waals surface area contributed by atoms with Crippen LogP contribution in [0, 0.1) is 0 Å². The molecule has 0 aliphatic carbocycles. The summed E-state index contributed by atoms with van der Waals surface area (Å²) in [6, 6.07) is 10.4. The van der Waals surface area contributed by atoms with E-state index in [4.69, 9.17) is 14.9 Å². The summed E-state index contributed by atoms with van der Waals surface area (Å²) >= 11 is 0. The molecule has 0 heterocycles. The van der Waals surface area contributed by atoms with Crippen molar-refractivity contribution in [3.8, 4) is 0 Å². The number of carboxylic acids is 2.